The van der Waals surface area contributed by atoms with Gasteiger partial charge in [0.2, 0.25) is 5.91 Å². The molecule has 1 aromatic carbocycles. The average Bonchev–Trinajstić information content (AvgIpc) is 2.91. The molecule has 0 aliphatic carbocycles. The van der Waals surface area contributed by atoms with Crippen molar-refractivity contribution in [2.45, 2.75) is 19.4 Å². The monoisotopic (exact) mass is 288 g/mol. The van der Waals surface area contributed by atoms with Gasteiger partial charge in [-0.25, -0.2) is 0 Å². The summed E-state index contributed by atoms with van der Waals surface area (Å²) in [4.78, 5) is 12.3. The summed E-state index contributed by atoms with van der Waals surface area (Å²) < 4.78 is 10.7. The van der Waals surface area contributed by atoms with Gasteiger partial charge < -0.3 is 20.5 Å². The lowest BCUT2D eigenvalue weighted by atomic mass is 10.0. The molecule has 5 heteroatoms. The highest BCUT2D eigenvalue weighted by Gasteiger charge is 2.31. The Balaban J connectivity index is 2.18. The van der Waals surface area contributed by atoms with Gasteiger partial charge in [0.25, 0.3) is 0 Å². The standard InChI is InChI=1S/C16H20N2O3/c1-11-13(7-9-21-11)16(19)18-14-10-12(4-3-8-17)5-6-15(14)20-2/h5-6,10-11,13H,7-9,17H2,1-2H3,(H,18,19). The molecule has 1 saturated heterocycles. The Morgan fingerprint density at radius 3 is 3.00 bits per heavy atom. The highest BCUT2D eigenvalue weighted by atomic mass is 16.5. The molecule has 0 bridgehead atoms. The molecule has 21 heavy (non-hydrogen) atoms. The molecule has 0 spiro atoms. The van der Waals surface area contributed by atoms with Crippen LogP contribution in [-0.2, 0) is 9.53 Å². The van der Waals surface area contributed by atoms with E-state index in [0.29, 0.717) is 24.6 Å². The normalized spacial score (nSPS) is 20.5. The zero-order valence-corrected chi connectivity index (χ0v) is 12.3. The van der Waals surface area contributed by atoms with E-state index in [4.69, 9.17) is 15.2 Å². The summed E-state index contributed by atoms with van der Waals surface area (Å²) in [5.41, 5.74) is 6.77. The molecule has 2 rings (SSSR count). The number of carbonyl (C=O) groups is 1. The first-order valence-electron chi connectivity index (χ1n) is 6.95. The second kappa shape index (κ2) is 7.11. The van der Waals surface area contributed by atoms with E-state index in [-0.39, 0.29) is 17.9 Å². The van der Waals surface area contributed by atoms with E-state index in [1.54, 1.807) is 19.2 Å². The van der Waals surface area contributed by atoms with E-state index in [1.807, 2.05) is 13.0 Å². The first-order valence-corrected chi connectivity index (χ1v) is 6.95. The Bertz CT molecular complexity index is 575. The molecule has 2 atom stereocenters. The molecular formula is C16H20N2O3. The molecule has 1 amide bonds. The largest absolute Gasteiger partial charge is 0.495 e. The Morgan fingerprint density at radius 2 is 2.38 bits per heavy atom. The lowest BCUT2D eigenvalue weighted by Crippen LogP contribution is -2.27. The van der Waals surface area contributed by atoms with Crippen LogP contribution in [0.3, 0.4) is 0 Å². The van der Waals surface area contributed by atoms with Gasteiger partial charge in [-0.1, -0.05) is 11.8 Å². The number of methoxy groups -OCH3 is 1. The van der Waals surface area contributed by atoms with Crippen molar-refractivity contribution in [2.75, 3.05) is 25.6 Å². The molecule has 1 aliphatic heterocycles. The third kappa shape index (κ3) is 3.75. The van der Waals surface area contributed by atoms with E-state index in [9.17, 15) is 4.79 Å². The number of rotatable bonds is 3. The first kappa shape index (κ1) is 15.4. The van der Waals surface area contributed by atoms with Crippen molar-refractivity contribution in [2.24, 2.45) is 11.7 Å². The van der Waals surface area contributed by atoms with Gasteiger partial charge in [-0.2, -0.15) is 0 Å². The second-order valence-electron chi connectivity index (χ2n) is 4.88. The number of carbonyl (C=O) groups excluding carboxylic acids is 1. The van der Waals surface area contributed by atoms with Crippen molar-refractivity contribution in [3.63, 3.8) is 0 Å². The quantitative estimate of drug-likeness (QED) is 0.824. The van der Waals surface area contributed by atoms with Crippen LogP contribution in [0.2, 0.25) is 0 Å². The number of hydrogen-bond donors (Lipinski definition) is 2. The third-order valence-corrected chi connectivity index (χ3v) is 3.51. The van der Waals surface area contributed by atoms with Crippen LogP contribution < -0.4 is 15.8 Å². The number of ether oxygens (including phenoxy) is 2. The Hall–Kier alpha value is -2.03. The SMILES string of the molecule is COc1ccc(C#CCN)cc1NC(=O)C1CCOC1C. The minimum atomic E-state index is -0.131. The fourth-order valence-corrected chi connectivity index (χ4v) is 2.34. The van der Waals surface area contributed by atoms with E-state index in [0.717, 1.165) is 12.0 Å². The predicted octanol–water partition coefficient (Wildman–Crippen LogP) is 1.37. The summed E-state index contributed by atoms with van der Waals surface area (Å²) in [7, 11) is 1.57. The topological polar surface area (TPSA) is 73.6 Å². The minimum absolute atomic E-state index is 0.0535. The molecule has 0 aromatic heterocycles. The molecule has 0 saturated carbocycles. The number of benzene rings is 1. The summed E-state index contributed by atoms with van der Waals surface area (Å²) in [6.07, 6.45) is 0.679. The van der Waals surface area contributed by atoms with Crippen molar-refractivity contribution in [3.05, 3.63) is 23.8 Å². The molecule has 1 heterocycles. The fraction of sp³-hybridized carbons (Fsp3) is 0.438. The molecule has 5 nitrogen and oxygen atoms in total. The predicted molar refractivity (Wildman–Crippen MR) is 81.1 cm³/mol. The molecule has 3 N–H and O–H groups in total. The zero-order valence-electron chi connectivity index (χ0n) is 12.3. The fourth-order valence-electron chi connectivity index (χ4n) is 2.34. The Labute approximate surface area is 124 Å². The van der Waals surface area contributed by atoms with E-state index in [1.165, 1.54) is 0 Å². The molecule has 1 fully saturated rings. The van der Waals surface area contributed by atoms with Gasteiger partial charge >= 0.3 is 0 Å². The summed E-state index contributed by atoms with van der Waals surface area (Å²) in [5.74, 6) is 6.15. The Morgan fingerprint density at radius 1 is 1.57 bits per heavy atom. The smallest absolute Gasteiger partial charge is 0.230 e. The van der Waals surface area contributed by atoms with Crippen LogP contribution in [0.4, 0.5) is 5.69 Å². The average molecular weight is 288 g/mol. The van der Waals surface area contributed by atoms with Crippen LogP contribution >= 0.6 is 0 Å². The van der Waals surface area contributed by atoms with Crippen molar-refractivity contribution in [1.82, 2.24) is 0 Å². The minimum Gasteiger partial charge on any atom is -0.495 e. The summed E-state index contributed by atoms with van der Waals surface area (Å²) in [6, 6.07) is 5.41. The van der Waals surface area contributed by atoms with Gasteiger partial charge in [0.1, 0.15) is 5.75 Å². The van der Waals surface area contributed by atoms with E-state index >= 15 is 0 Å². The van der Waals surface area contributed by atoms with Crippen molar-refractivity contribution in [1.29, 1.82) is 0 Å². The highest BCUT2D eigenvalue weighted by molar-refractivity contribution is 5.94. The van der Waals surface area contributed by atoms with E-state index in [2.05, 4.69) is 17.2 Å². The van der Waals surface area contributed by atoms with Crippen molar-refractivity contribution < 1.29 is 14.3 Å². The lowest BCUT2D eigenvalue weighted by Gasteiger charge is -2.16. The Kier molecular flexibility index (Phi) is 5.20. The molecule has 2 unspecified atom stereocenters. The number of amides is 1. The zero-order chi connectivity index (χ0) is 15.2. The third-order valence-electron chi connectivity index (χ3n) is 3.51. The van der Waals surface area contributed by atoms with Crippen LogP contribution in [0.25, 0.3) is 0 Å². The highest BCUT2D eigenvalue weighted by Crippen LogP contribution is 2.28. The molecule has 0 radical (unpaired) electrons. The first-order chi connectivity index (χ1) is 10.2. The van der Waals surface area contributed by atoms with Crippen LogP contribution in [-0.4, -0.2) is 32.3 Å². The van der Waals surface area contributed by atoms with Crippen LogP contribution in [0.5, 0.6) is 5.75 Å². The number of nitrogens with two attached hydrogens (primary N) is 1. The number of anilines is 1. The molecule has 1 aliphatic rings. The van der Waals surface area contributed by atoms with Crippen molar-refractivity contribution in [3.8, 4) is 17.6 Å². The molecule has 112 valence electrons. The lowest BCUT2D eigenvalue weighted by molar-refractivity contribution is -0.121. The van der Waals surface area contributed by atoms with Gasteiger partial charge in [-0.05, 0) is 31.5 Å². The van der Waals surface area contributed by atoms with E-state index < -0.39 is 0 Å². The second-order valence-corrected chi connectivity index (χ2v) is 4.88. The number of hydrogen-bond acceptors (Lipinski definition) is 4. The summed E-state index contributed by atoms with van der Waals surface area (Å²) in [6.45, 7) is 2.83. The van der Waals surface area contributed by atoms with Gasteiger partial charge in [0, 0.05) is 12.2 Å². The van der Waals surface area contributed by atoms with Gasteiger partial charge in [0.15, 0.2) is 0 Å². The number of nitrogens with one attached hydrogen (secondary N) is 1. The molecular weight excluding hydrogens is 268 g/mol. The maximum absolute atomic E-state index is 12.3. The maximum atomic E-state index is 12.3. The van der Waals surface area contributed by atoms with Gasteiger partial charge in [0.05, 0.1) is 31.4 Å². The maximum Gasteiger partial charge on any atom is 0.230 e. The van der Waals surface area contributed by atoms with Crippen LogP contribution in [0, 0.1) is 17.8 Å². The van der Waals surface area contributed by atoms with Crippen LogP contribution in [0.15, 0.2) is 18.2 Å². The summed E-state index contributed by atoms with van der Waals surface area (Å²) >= 11 is 0. The van der Waals surface area contributed by atoms with Gasteiger partial charge in [-0.15, -0.1) is 0 Å². The van der Waals surface area contributed by atoms with Gasteiger partial charge in [-0.3, -0.25) is 4.79 Å². The van der Waals surface area contributed by atoms with Crippen molar-refractivity contribution >= 4 is 11.6 Å². The van der Waals surface area contributed by atoms with Crippen LogP contribution in [0.1, 0.15) is 18.9 Å². The summed E-state index contributed by atoms with van der Waals surface area (Å²) in [5, 5.41) is 2.91. The molecule has 1 aromatic rings.